The molecule has 1 aliphatic carbocycles. The van der Waals surface area contributed by atoms with Gasteiger partial charge >= 0.3 is 245 Å². The summed E-state index contributed by atoms with van der Waals surface area (Å²) in [6.45, 7) is 2.13. The third-order valence-electron chi connectivity index (χ3n) is 7.66. The maximum absolute atomic E-state index is 13.4. The molecule has 0 saturated carbocycles. The molecule has 1 aliphatic rings. The third-order valence-corrected chi connectivity index (χ3v) is 9.79. The van der Waals surface area contributed by atoms with Crippen LogP contribution in [-0.4, -0.2) is 33.2 Å². The minimum absolute atomic E-state index is 0.151. The summed E-state index contributed by atoms with van der Waals surface area (Å²) in [6.07, 6.45) is 1.80. The van der Waals surface area contributed by atoms with Crippen LogP contribution in [0.5, 0.6) is 5.75 Å². The maximum atomic E-state index is 13.4. The van der Waals surface area contributed by atoms with Gasteiger partial charge in [-0.2, -0.15) is 0 Å². The second-order valence-corrected chi connectivity index (χ2v) is 12.4. The minimum atomic E-state index is -0.199. The molecule has 0 amide bonds. The van der Waals surface area contributed by atoms with Crippen molar-refractivity contribution in [3.05, 3.63) is 136 Å². The molecule has 0 spiro atoms. The first-order valence-electron chi connectivity index (χ1n) is 13.4. The van der Waals surface area contributed by atoms with Gasteiger partial charge in [0.05, 0.1) is 0 Å². The van der Waals surface area contributed by atoms with Gasteiger partial charge in [-0.05, 0) is 0 Å². The molecule has 1 aromatic heterocycles. The van der Waals surface area contributed by atoms with Gasteiger partial charge in [0, 0.05) is 0 Å². The van der Waals surface area contributed by atoms with Crippen LogP contribution in [0.15, 0.2) is 115 Å². The molecule has 0 atom stereocenters. The average molecular weight is 599 g/mol. The van der Waals surface area contributed by atoms with Gasteiger partial charge in [0.25, 0.3) is 0 Å². The zero-order valence-corrected chi connectivity index (χ0v) is 24.3. The van der Waals surface area contributed by atoms with E-state index in [4.69, 9.17) is 4.74 Å². The average Bonchev–Trinajstić information content (AvgIpc) is 3.56. The predicted molar refractivity (Wildman–Crippen MR) is 167 cm³/mol. The van der Waals surface area contributed by atoms with Gasteiger partial charge in [0.15, 0.2) is 0 Å². The second kappa shape index (κ2) is 10.0. The summed E-state index contributed by atoms with van der Waals surface area (Å²) in [5.41, 5.74) is 4.50. The van der Waals surface area contributed by atoms with Gasteiger partial charge in [0.2, 0.25) is 0 Å². The van der Waals surface area contributed by atoms with E-state index in [-0.39, 0.29) is 31.6 Å². The zero-order chi connectivity index (χ0) is 28.1. The first kappa shape index (κ1) is 25.3. The Morgan fingerprint density at radius 1 is 0.707 bits per heavy atom. The van der Waals surface area contributed by atoms with Gasteiger partial charge < -0.3 is 0 Å². The molecule has 0 N–H and O–H groups in total. The number of fused-ring (bicyclic) bond motifs is 3. The fraction of sp³-hybridized carbons (Fsp3) is 0.0556. The first-order chi connectivity index (χ1) is 20.0. The predicted octanol–water partition coefficient (Wildman–Crippen LogP) is 8.30. The normalized spacial score (nSPS) is 12.7. The standard InChI is InChI=1S/C36H25NO3Se/c1-22-14-16-33(29-13-6-5-12-28(22)29)37(25-10-7-11-26(20-25)40-2)34-17-15-27(41-34)21-32-35(38)30-18-23-8-3-4-9-24(23)19-31(30)36(32)39/h3-21H,1-2H3. The van der Waals surface area contributed by atoms with Gasteiger partial charge in [-0.1, -0.05) is 0 Å². The number of allylic oxidation sites excluding steroid dienone is 1. The van der Waals surface area contributed by atoms with E-state index in [0.29, 0.717) is 11.1 Å². The number of carbonyl (C=O) groups excluding carboxylic acids is 2. The zero-order valence-electron chi connectivity index (χ0n) is 22.5. The molecule has 0 bridgehead atoms. The summed E-state index contributed by atoms with van der Waals surface area (Å²) in [4.78, 5) is 29.1. The second-order valence-electron chi connectivity index (χ2n) is 10.1. The molecule has 0 unspecified atom stereocenters. The number of ether oxygens (including phenoxy) is 1. The number of nitrogens with zero attached hydrogens (tertiary/aromatic N) is 1. The number of hydrogen-bond acceptors (Lipinski definition) is 4. The quantitative estimate of drug-likeness (QED) is 0.114. The summed E-state index contributed by atoms with van der Waals surface area (Å²) in [5.74, 6) is 0.378. The Hall–Kier alpha value is -4.70. The summed E-state index contributed by atoms with van der Waals surface area (Å²) in [7, 11) is 1.67. The number of methoxy groups -OCH3 is 1. The molecule has 0 aliphatic heterocycles. The van der Waals surface area contributed by atoms with Crippen LogP contribution in [0.4, 0.5) is 15.9 Å². The summed E-state index contributed by atoms with van der Waals surface area (Å²) in [6, 6.07) is 36.4. The van der Waals surface area contributed by atoms with Crippen LogP contribution < -0.4 is 9.64 Å². The van der Waals surface area contributed by atoms with Crippen molar-refractivity contribution in [3.63, 3.8) is 0 Å². The molecule has 4 nitrogen and oxygen atoms in total. The molecule has 0 radical (unpaired) electrons. The third kappa shape index (κ3) is 4.31. The number of anilines is 3. The van der Waals surface area contributed by atoms with Crippen molar-refractivity contribution in [2.75, 3.05) is 12.0 Å². The Bertz CT molecular complexity index is 2000. The number of aryl methyl sites for hydroxylation is 1. The van der Waals surface area contributed by atoms with Crippen molar-refractivity contribution in [2.24, 2.45) is 0 Å². The van der Waals surface area contributed by atoms with E-state index in [0.717, 1.165) is 42.3 Å². The SMILES string of the molecule is COc1cccc(N(c2ccc(C=C3C(=O)c4cc5ccccc5cc4C3=O)[se]2)c2ccc(C)c3ccccc23)c1. The van der Waals surface area contributed by atoms with Crippen LogP contribution in [-0.2, 0) is 0 Å². The molecule has 198 valence electrons. The summed E-state index contributed by atoms with van der Waals surface area (Å²) < 4.78 is 7.65. The van der Waals surface area contributed by atoms with Crippen LogP contribution in [0.2, 0.25) is 0 Å². The van der Waals surface area contributed by atoms with E-state index in [1.54, 1.807) is 13.2 Å². The van der Waals surface area contributed by atoms with E-state index in [2.05, 4.69) is 60.4 Å². The molecular weight excluding hydrogens is 573 g/mol. The monoisotopic (exact) mass is 599 g/mol. The molecule has 7 rings (SSSR count). The van der Waals surface area contributed by atoms with Crippen LogP contribution in [0.25, 0.3) is 27.6 Å². The number of Topliss-reactive ketones (excluding diaryl/α,β-unsaturated/α-hetero) is 2. The van der Waals surface area contributed by atoms with Crippen molar-refractivity contribution in [1.82, 2.24) is 0 Å². The molecule has 5 heteroatoms. The van der Waals surface area contributed by atoms with Crippen molar-refractivity contribution in [3.8, 4) is 5.75 Å². The number of hydrogen-bond donors (Lipinski definition) is 0. The van der Waals surface area contributed by atoms with E-state index < -0.39 is 0 Å². The van der Waals surface area contributed by atoms with Gasteiger partial charge in [0.1, 0.15) is 0 Å². The summed E-state index contributed by atoms with van der Waals surface area (Å²) >= 11 is -0.151. The molecule has 5 aromatic carbocycles. The fourth-order valence-corrected chi connectivity index (χ4v) is 7.65. The van der Waals surface area contributed by atoms with Crippen molar-refractivity contribution in [2.45, 2.75) is 6.92 Å². The van der Waals surface area contributed by atoms with E-state index in [9.17, 15) is 9.59 Å². The molecule has 1 heterocycles. The number of benzene rings is 5. The first-order valence-corrected chi connectivity index (χ1v) is 15.1. The molecular formula is C36H25NO3Se. The summed E-state index contributed by atoms with van der Waals surface area (Å²) in [5, 5.41) is 4.27. The van der Waals surface area contributed by atoms with E-state index in [1.807, 2.05) is 60.7 Å². The number of ketones is 2. The van der Waals surface area contributed by atoms with Crippen molar-refractivity contribution >= 4 is 69.6 Å². The Morgan fingerprint density at radius 3 is 2.10 bits per heavy atom. The van der Waals surface area contributed by atoms with Crippen LogP contribution >= 0.6 is 0 Å². The van der Waals surface area contributed by atoms with Gasteiger partial charge in [-0.15, -0.1) is 0 Å². The number of rotatable bonds is 5. The van der Waals surface area contributed by atoms with Crippen molar-refractivity contribution < 1.29 is 14.3 Å². The Kier molecular flexibility index (Phi) is 6.19. The molecule has 0 saturated heterocycles. The molecule has 0 fully saturated rings. The van der Waals surface area contributed by atoms with E-state index >= 15 is 0 Å². The van der Waals surface area contributed by atoms with Crippen LogP contribution in [0.1, 0.15) is 30.7 Å². The Morgan fingerprint density at radius 2 is 1.39 bits per heavy atom. The van der Waals surface area contributed by atoms with Gasteiger partial charge in [-0.3, -0.25) is 0 Å². The fourth-order valence-electron chi connectivity index (χ4n) is 5.59. The van der Waals surface area contributed by atoms with Crippen LogP contribution in [0.3, 0.4) is 0 Å². The Balaban J connectivity index is 1.34. The van der Waals surface area contributed by atoms with Gasteiger partial charge in [-0.25, -0.2) is 0 Å². The van der Waals surface area contributed by atoms with E-state index in [1.165, 1.54) is 10.9 Å². The van der Waals surface area contributed by atoms with Crippen molar-refractivity contribution in [1.29, 1.82) is 0 Å². The molecule has 41 heavy (non-hydrogen) atoms. The molecule has 6 aromatic rings. The van der Waals surface area contributed by atoms with Crippen LogP contribution in [0, 0.1) is 6.92 Å². The topological polar surface area (TPSA) is 46.6 Å². The number of carbonyl (C=O) groups is 2. The Labute approximate surface area is 243 Å².